The van der Waals surface area contributed by atoms with Gasteiger partial charge in [-0.05, 0) is 36.3 Å². The predicted octanol–water partition coefficient (Wildman–Crippen LogP) is 5.00. The number of ether oxygens (including phenoxy) is 3. The topological polar surface area (TPSA) is 109 Å². The van der Waals surface area contributed by atoms with Gasteiger partial charge in [0.2, 0.25) is 0 Å². The second kappa shape index (κ2) is 8.43. The quantitative estimate of drug-likeness (QED) is 0.316. The molecule has 4 aliphatic rings. The van der Waals surface area contributed by atoms with Crippen LogP contribution in [-0.4, -0.2) is 30.8 Å². The summed E-state index contributed by atoms with van der Waals surface area (Å²) in [5.41, 5.74) is 1.13. The maximum atomic E-state index is 14.2. The monoisotopic (exact) mass is 510 g/mol. The highest BCUT2D eigenvalue weighted by Crippen LogP contribution is 2.67. The third-order valence-corrected chi connectivity index (χ3v) is 9.60. The van der Waals surface area contributed by atoms with Gasteiger partial charge in [-0.1, -0.05) is 33.3 Å². The Morgan fingerprint density at radius 1 is 1.14 bits per heavy atom. The minimum atomic E-state index is -0.926. The van der Waals surface area contributed by atoms with Gasteiger partial charge in [-0.15, -0.1) is 0 Å². The third kappa shape index (κ3) is 3.55. The van der Waals surface area contributed by atoms with Crippen LogP contribution < -0.4 is 0 Å². The van der Waals surface area contributed by atoms with E-state index in [-0.39, 0.29) is 30.5 Å². The maximum absolute atomic E-state index is 14.2. The lowest BCUT2D eigenvalue weighted by molar-refractivity contribution is -0.163. The Hall–Kier alpha value is -3.16. The van der Waals surface area contributed by atoms with Gasteiger partial charge in [-0.2, -0.15) is 0 Å². The van der Waals surface area contributed by atoms with Crippen LogP contribution in [0.4, 0.5) is 0 Å². The van der Waals surface area contributed by atoms with E-state index in [2.05, 4.69) is 6.92 Å². The Morgan fingerprint density at radius 2 is 1.86 bits per heavy atom. The molecule has 0 amide bonds. The van der Waals surface area contributed by atoms with Crippen molar-refractivity contribution < 1.29 is 37.8 Å². The molecule has 37 heavy (non-hydrogen) atoms. The van der Waals surface area contributed by atoms with E-state index in [4.69, 9.17) is 18.6 Å². The van der Waals surface area contributed by atoms with Crippen molar-refractivity contribution in [1.82, 2.24) is 0 Å². The van der Waals surface area contributed by atoms with Gasteiger partial charge in [0.25, 0.3) is 0 Å². The number of fused-ring (bicyclic) bond motifs is 5. The normalized spacial score (nSPS) is 34.4. The second-order valence-corrected chi connectivity index (χ2v) is 11.9. The molecule has 0 spiro atoms. The number of carbonyl (C=O) groups is 4. The zero-order chi connectivity index (χ0) is 26.9. The van der Waals surface area contributed by atoms with Gasteiger partial charge in [0.15, 0.2) is 5.78 Å². The summed E-state index contributed by atoms with van der Waals surface area (Å²) in [5, 5.41) is 0. The van der Waals surface area contributed by atoms with Crippen LogP contribution in [0.2, 0.25) is 0 Å². The molecule has 8 nitrogen and oxygen atoms in total. The minimum Gasteiger partial charge on any atom is -0.472 e. The first-order valence-corrected chi connectivity index (χ1v) is 12.8. The summed E-state index contributed by atoms with van der Waals surface area (Å²) in [6.45, 7) is 9.23. The first-order chi connectivity index (χ1) is 17.4. The van der Waals surface area contributed by atoms with Crippen LogP contribution in [0, 0.1) is 28.1 Å². The average molecular weight is 511 g/mol. The van der Waals surface area contributed by atoms with Gasteiger partial charge in [-0.25, -0.2) is 0 Å². The smallest absolute Gasteiger partial charge is 0.310 e. The molecule has 0 unspecified atom stereocenters. The number of cyclic esters (lactones) is 1. The Labute approximate surface area is 216 Å². The van der Waals surface area contributed by atoms with E-state index >= 15 is 0 Å². The molecule has 1 aromatic rings. The van der Waals surface area contributed by atoms with Gasteiger partial charge in [-0.3, -0.25) is 19.2 Å². The van der Waals surface area contributed by atoms with Gasteiger partial charge < -0.3 is 18.6 Å². The van der Waals surface area contributed by atoms with Crippen LogP contribution >= 0.6 is 0 Å². The zero-order valence-electron chi connectivity index (χ0n) is 22.3. The number of carbonyl (C=O) groups excluding carboxylic acids is 4. The molecular formula is C29H34O8. The Bertz CT molecular complexity index is 1250. The summed E-state index contributed by atoms with van der Waals surface area (Å²) >= 11 is 0. The van der Waals surface area contributed by atoms with E-state index in [0.717, 1.165) is 16.7 Å². The molecule has 2 fully saturated rings. The lowest BCUT2D eigenvalue weighted by atomic mass is 9.43. The molecule has 1 aliphatic heterocycles. The number of methoxy groups -OCH3 is 1. The van der Waals surface area contributed by atoms with Crippen molar-refractivity contribution in [3.63, 3.8) is 0 Å². The van der Waals surface area contributed by atoms with Gasteiger partial charge >= 0.3 is 17.9 Å². The van der Waals surface area contributed by atoms with E-state index in [1.54, 1.807) is 12.5 Å². The molecule has 2 heterocycles. The van der Waals surface area contributed by atoms with Crippen LogP contribution in [-0.2, 0) is 33.4 Å². The standard InChI is InChI=1S/C29H34O8/c1-15(30)36-26-18-11-17-19(29(5,24(18)33)21(27(26,2)3)13-22(31)34-6)7-9-28(4)20(17)12-23(32)37-25(28)16-8-10-35-14-16/h8,10,14,19,21,25H,7,9,11-13H2,1-6H3/t19-,21-,25-,28-,29+/m1/s1. The zero-order valence-corrected chi connectivity index (χ0v) is 22.3. The minimum absolute atomic E-state index is 0.0137. The highest BCUT2D eigenvalue weighted by atomic mass is 16.5. The van der Waals surface area contributed by atoms with Crippen LogP contribution in [0.15, 0.2) is 45.5 Å². The fraction of sp³-hybridized carbons (Fsp3) is 0.586. The van der Waals surface area contributed by atoms with Crippen LogP contribution in [0.25, 0.3) is 0 Å². The number of ketones is 1. The van der Waals surface area contributed by atoms with Crippen LogP contribution in [0.1, 0.15) is 78.4 Å². The summed E-state index contributed by atoms with van der Waals surface area (Å²) in [6.07, 6.45) is 4.57. The van der Waals surface area contributed by atoms with Crippen LogP contribution in [0.3, 0.4) is 0 Å². The lowest BCUT2D eigenvalue weighted by Gasteiger charge is -2.59. The summed E-state index contributed by atoms with van der Waals surface area (Å²) in [5.74, 6) is -1.64. The van der Waals surface area contributed by atoms with Crippen molar-refractivity contribution >= 4 is 23.7 Å². The molecule has 2 bridgehead atoms. The molecule has 0 aromatic carbocycles. The van der Waals surface area contributed by atoms with Gasteiger partial charge in [0.05, 0.1) is 32.5 Å². The molecule has 198 valence electrons. The van der Waals surface area contributed by atoms with Crippen molar-refractivity contribution in [2.45, 2.75) is 72.8 Å². The average Bonchev–Trinajstić information content (AvgIpc) is 3.36. The molecule has 8 heteroatoms. The molecule has 1 aromatic heterocycles. The molecular weight excluding hydrogens is 476 g/mol. The molecule has 5 atom stereocenters. The summed E-state index contributed by atoms with van der Waals surface area (Å²) < 4.78 is 22.0. The molecule has 3 aliphatic carbocycles. The number of rotatable bonds is 4. The molecule has 1 saturated heterocycles. The molecule has 0 radical (unpaired) electrons. The SMILES string of the molecule is COC(=O)C[C@@H]1C(C)(C)C(OC(C)=O)=C2CC3=C4CC(=O)O[C@H](c5ccoc5)[C@]4(C)CC[C@H]3[C@]1(C)C2=O. The molecule has 5 rings (SSSR count). The number of allylic oxidation sites excluding steroid dienone is 3. The van der Waals surface area contributed by atoms with Crippen molar-refractivity contribution in [1.29, 1.82) is 0 Å². The van der Waals surface area contributed by atoms with Crippen molar-refractivity contribution in [2.24, 2.45) is 28.1 Å². The van der Waals surface area contributed by atoms with E-state index in [9.17, 15) is 19.2 Å². The van der Waals surface area contributed by atoms with E-state index in [1.165, 1.54) is 14.0 Å². The summed E-state index contributed by atoms with van der Waals surface area (Å²) in [7, 11) is 1.33. The summed E-state index contributed by atoms with van der Waals surface area (Å²) in [6, 6.07) is 1.82. The molecule has 1 saturated carbocycles. The molecule has 0 N–H and O–H groups in total. The number of furan rings is 1. The third-order valence-electron chi connectivity index (χ3n) is 9.60. The van der Waals surface area contributed by atoms with Crippen LogP contribution in [0.5, 0.6) is 0 Å². The van der Waals surface area contributed by atoms with Crippen molar-refractivity contribution in [3.8, 4) is 0 Å². The largest absolute Gasteiger partial charge is 0.472 e. The van der Waals surface area contributed by atoms with Gasteiger partial charge in [0.1, 0.15) is 11.9 Å². The number of hydrogen-bond donors (Lipinski definition) is 0. The maximum Gasteiger partial charge on any atom is 0.310 e. The fourth-order valence-electron chi connectivity index (χ4n) is 7.84. The number of esters is 3. The van der Waals surface area contributed by atoms with Gasteiger partial charge in [0, 0.05) is 40.7 Å². The lowest BCUT2D eigenvalue weighted by Crippen LogP contribution is -2.59. The number of Topliss-reactive ketones (excluding diaryl/α,β-unsaturated/α-hetero) is 1. The highest BCUT2D eigenvalue weighted by Gasteiger charge is 2.65. The number of hydrogen-bond acceptors (Lipinski definition) is 8. The first-order valence-electron chi connectivity index (χ1n) is 12.8. The predicted molar refractivity (Wildman–Crippen MR) is 130 cm³/mol. The first kappa shape index (κ1) is 25.5. The van der Waals surface area contributed by atoms with E-state index < -0.39 is 40.2 Å². The second-order valence-electron chi connectivity index (χ2n) is 11.9. The van der Waals surface area contributed by atoms with Crippen molar-refractivity contribution in [2.75, 3.05) is 7.11 Å². The Kier molecular flexibility index (Phi) is 5.81. The summed E-state index contributed by atoms with van der Waals surface area (Å²) in [4.78, 5) is 51.9. The Morgan fingerprint density at radius 3 is 2.49 bits per heavy atom. The highest BCUT2D eigenvalue weighted by molar-refractivity contribution is 6.04. The Balaban J connectivity index is 1.74. The van der Waals surface area contributed by atoms with E-state index in [1.807, 2.05) is 26.8 Å². The van der Waals surface area contributed by atoms with E-state index in [0.29, 0.717) is 30.6 Å². The fourth-order valence-corrected chi connectivity index (χ4v) is 7.84. The van der Waals surface area contributed by atoms with Crippen molar-refractivity contribution in [3.05, 3.63) is 46.6 Å².